The number of imide groups is 1. The molecule has 1 aliphatic heterocycles. The fourth-order valence-electron chi connectivity index (χ4n) is 4.28. The molecule has 0 spiro atoms. The average Bonchev–Trinajstić information content (AvgIpc) is 3.73. The van der Waals surface area contributed by atoms with E-state index in [-0.39, 0.29) is 39.1 Å². The number of hydrogen-bond donors (Lipinski definition) is 0. The Morgan fingerprint density at radius 2 is 1.65 bits per heavy atom. The van der Waals surface area contributed by atoms with Crippen molar-refractivity contribution in [2.24, 2.45) is 5.92 Å². The molecule has 0 bridgehead atoms. The van der Waals surface area contributed by atoms with Gasteiger partial charge in [0.05, 0.1) is 27.8 Å². The zero-order valence-corrected chi connectivity index (χ0v) is 22.3. The minimum absolute atomic E-state index is 0.0227. The number of nitrogens with zero attached hydrogens (tertiary/aromatic N) is 2. The summed E-state index contributed by atoms with van der Waals surface area (Å²) in [7, 11) is 0. The van der Waals surface area contributed by atoms with Crippen LogP contribution in [0.3, 0.4) is 0 Å². The zero-order chi connectivity index (χ0) is 28.4. The maximum absolute atomic E-state index is 13.1. The molecule has 0 N–H and O–H groups in total. The van der Waals surface area contributed by atoms with Crippen molar-refractivity contribution in [3.05, 3.63) is 87.2 Å². The summed E-state index contributed by atoms with van der Waals surface area (Å²) in [6.07, 6.45) is 3.63. The van der Waals surface area contributed by atoms with E-state index in [1.165, 1.54) is 42.7 Å². The first-order valence-corrected chi connectivity index (χ1v) is 13.1. The van der Waals surface area contributed by atoms with Crippen LogP contribution < -0.4 is 9.47 Å². The highest BCUT2D eigenvalue weighted by Crippen LogP contribution is 2.38. The second kappa shape index (κ2) is 11.8. The lowest BCUT2D eigenvalue weighted by Crippen LogP contribution is -2.36. The molecule has 0 saturated heterocycles. The van der Waals surface area contributed by atoms with E-state index in [1.54, 1.807) is 12.1 Å². The number of fused-ring (bicyclic) bond motifs is 1. The molecule has 2 heterocycles. The van der Waals surface area contributed by atoms with Gasteiger partial charge in [-0.15, -0.1) is 0 Å². The van der Waals surface area contributed by atoms with Crippen LogP contribution in [0.2, 0.25) is 10.0 Å². The molecule has 40 heavy (non-hydrogen) atoms. The molecule has 2 aliphatic rings. The molecule has 1 aromatic heterocycles. The lowest BCUT2D eigenvalue weighted by molar-refractivity contribution is -0.149. The SMILES string of the molecule is O=C(CN1C(=O)c2ccccc2C1=O)O[C@@H](Cc1c(Cl)cncc1Cl)c1ccc(OC(F)F)c(OCC2CC2)c1. The van der Waals surface area contributed by atoms with Crippen LogP contribution in [0.4, 0.5) is 8.78 Å². The van der Waals surface area contributed by atoms with E-state index in [9.17, 15) is 23.2 Å². The van der Waals surface area contributed by atoms with Crippen LogP contribution in [0.5, 0.6) is 11.5 Å². The summed E-state index contributed by atoms with van der Waals surface area (Å²) in [6, 6.07) is 10.4. The van der Waals surface area contributed by atoms with Crippen LogP contribution in [0.15, 0.2) is 54.9 Å². The number of halogens is 4. The quantitative estimate of drug-likeness (QED) is 0.202. The molecule has 1 aliphatic carbocycles. The highest BCUT2D eigenvalue weighted by molar-refractivity contribution is 6.35. The van der Waals surface area contributed by atoms with Crippen LogP contribution in [0, 0.1) is 5.92 Å². The minimum atomic E-state index is -3.07. The largest absolute Gasteiger partial charge is 0.489 e. The summed E-state index contributed by atoms with van der Waals surface area (Å²) in [5, 5.41) is 0.438. The second-order valence-electron chi connectivity index (χ2n) is 9.35. The Balaban J connectivity index is 1.42. The third-order valence-electron chi connectivity index (χ3n) is 6.51. The maximum Gasteiger partial charge on any atom is 0.387 e. The van der Waals surface area contributed by atoms with Gasteiger partial charge >= 0.3 is 12.6 Å². The number of carbonyl (C=O) groups excluding carboxylic acids is 3. The highest BCUT2D eigenvalue weighted by Gasteiger charge is 2.37. The second-order valence-corrected chi connectivity index (χ2v) is 10.2. The summed E-state index contributed by atoms with van der Waals surface area (Å²) in [5.74, 6) is -1.90. The Morgan fingerprint density at radius 3 is 2.25 bits per heavy atom. The molecule has 12 heteroatoms. The maximum atomic E-state index is 13.1. The highest BCUT2D eigenvalue weighted by atomic mass is 35.5. The first-order chi connectivity index (χ1) is 19.2. The molecule has 1 fully saturated rings. The molecule has 3 aromatic rings. The van der Waals surface area contributed by atoms with Crippen molar-refractivity contribution < 1.29 is 37.4 Å². The molecular weight excluding hydrogens is 569 g/mol. The summed E-state index contributed by atoms with van der Waals surface area (Å²) in [6.45, 7) is -3.40. The van der Waals surface area contributed by atoms with Crippen molar-refractivity contribution in [1.29, 1.82) is 0 Å². The molecule has 1 atom stereocenters. The number of benzene rings is 2. The number of rotatable bonds is 11. The van der Waals surface area contributed by atoms with Crippen molar-refractivity contribution >= 4 is 41.0 Å². The van der Waals surface area contributed by atoms with Gasteiger partial charge in [-0.1, -0.05) is 41.4 Å². The van der Waals surface area contributed by atoms with E-state index in [0.29, 0.717) is 23.7 Å². The molecule has 0 unspecified atom stereocenters. The van der Waals surface area contributed by atoms with Gasteiger partial charge in [0.25, 0.3) is 11.8 Å². The Kier molecular flexibility index (Phi) is 8.18. The van der Waals surface area contributed by atoms with Gasteiger partial charge in [-0.25, -0.2) is 0 Å². The lowest BCUT2D eigenvalue weighted by atomic mass is 10.0. The normalized spacial score (nSPS) is 15.3. The predicted octanol–water partition coefficient (Wildman–Crippen LogP) is 5.90. The number of hydrogen-bond acceptors (Lipinski definition) is 7. The van der Waals surface area contributed by atoms with Crippen molar-refractivity contribution in [3.63, 3.8) is 0 Å². The molecule has 208 valence electrons. The molecular formula is C28H22Cl2F2N2O6. The summed E-state index contributed by atoms with van der Waals surface area (Å²) in [4.78, 5) is 43.3. The van der Waals surface area contributed by atoms with Crippen LogP contribution >= 0.6 is 23.2 Å². The summed E-state index contributed by atoms with van der Waals surface area (Å²) in [5.41, 5.74) is 1.18. The smallest absolute Gasteiger partial charge is 0.387 e. The van der Waals surface area contributed by atoms with Gasteiger partial charge in [0.2, 0.25) is 0 Å². The number of pyridine rings is 1. The first kappa shape index (κ1) is 27.8. The van der Waals surface area contributed by atoms with Gasteiger partial charge in [0.15, 0.2) is 11.5 Å². The monoisotopic (exact) mass is 590 g/mol. The fraction of sp³-hybridized carbons (Fsp3) is 0.286. The van der Waals surface area contributed by atoms with E-state index in [2.05, 4.69) is 9.72 Å². The minimum Gasteiger partial charge on any atom is -0.489 e. The number of amides is 2. The lowest BCUT2D eigenvalue weighted by Gasteiger charge is -2.22. The Hall–Kier alpha value is -3.76. The Labute approximate surface area is 237 Å². The molecule has 2 amide bonds. The van der Waals surface area contributed by atoms with Crippen LogP contribution in [0.25, 0.3) is 0 Å². The number of alkyl halides is 2. The first-order valence-electron chi connectivity index (χ1n) is 12.4. The zero-order valence-electron chi connectivity index (χ0n) is 20.8. The average molecular weight is 591 g/mol. The van der Waals surface area contributed by atoms with Gasteiger partial charge in [0, 0.05) is 18.8 Å². The topological polar surface area (TPSA) is 95.0 Å². The molecule has 8 nitrogen and oxygen atoms in total. The van der Waals surface area contributed by atoms with E-state index >= 15 is 0 Å². The van der Waals surface area contributed by atoms with E-state index in [0.717, 1.165) is 17.7 Å². The molecule has 1 saturated carbocycles. The standard InChI is InChI=1S/C28H22Cl2F2N2O6/c29-20-11-33-12-21(30)19(20)10-23(16-7-8-22(40-28(31)32)24(9-16)38-14-15-5-6-15)39-25(35)13-34-26(36)17-3-1-2-4-18(17)27(34)37/h1-4,7-9,11-12,15,23,28H,5-6,10,13-14H2/t23-/m0/s1. The Morgan fingerprint density at radius 1 is 1.00 bits per heavy atom. The number of ether oxygens (including phenoxy) is 3. The van der Waals surface area contributed by atoms with Crippen molar-refractivity contribution in [1.82, 2.24) is 9.88 Å². The fourth-order valence-corrected chi connectivity index (χ4v) is 4.80. The van der Waals surface area contributed by atoms with Crippen molar-refractivity contribution in [2.45, 2.75) is 32.0 Å². The van der Waals surface area contributed by atoms with Crippen LogP contribution in [-0.2, 0) is 16.0 Å². The summed E-state index contributed by atoms with van der Waals surface area (Å²) < 4.78 is 42.2. The third-order valence-corrected chi connectivity index (χ3v) is 7.16. The predicted molar refractivity (Wildman–Crippen MR) is 140 cm³/mol. The van der Waals surface area contributed by atoms with Crippen molar-refractivity contribution in [3.8, 4) is 11.5 Å². The Bertz CT molecular complexity index is 1410. The van der Waals surface area contributed by atoms with Gasteiger partial charge in [0.1, 0.15) is 12.6 Å². The molecule has 0 radical (unpaired) electrons. The summed E-state index contributed by atoms with van der Waals surface area (Å²) >= 11 is 12.6. The third kappa shape index (κ3) is 6.18. The van der Waals surface area contributed by atoms with Gasteiger partial charge in [-0.2, -0.15) is 8.78 Å². The van der Waals surface area contributed by atoms with Gasteiger partial charge < -0.3 is 14.2 Å². The van der Waals surface area contributed by atoms with Crippen molar-refractivity contribution in [2.75, 3.05) is 13.2 Å². The van der Waals surface area contributed by atoms with Gasteiger partial charge in [-0.05, 0) is 54.2 Å². The van der Waals surface area contributed by atoms with Crippen LogP contribution in [0.1, 0.15) is 50.8 Å². The molecule has 2 aromatic carbocycles. The number of esters is 1. The van der Waals surface area contributed by atoms with E-state index < -0.39 is 37.0 Å². The number of carbonyl (C=O) groups is 3. The number of aromatic nitrogens is 1. The van der Waals surface area contributed by atoms with E-state index in [4.69, 9.17) is 32.7 Å². The van der Waals surface area contributed by atoms with Gasteiger partial charge in [-0.3, -0.25) is 24.3 Å². The van der Waals surface area contributed by atoms with Crippen LogP contribution in [-0.4, -0.2) is 47.4 Å². The van der Waals surface area contributed by atoms with E-state index in [1.807, 2.05) is 0 Å². The molecule has 5 rings (SSSR count).